The van der Waals surface area contributed by atoms with E-state index in [1.807, 2.05) is 0 Å². The second kappa shape index (κ2) is 4.85. The molecule has 0 radical (unpaired) electrons. The molecule has 0 N–H and O–H groups in total. The Bertz CT molecular complexity index is 518. The summed E-state index contributed by atoms with van der Waals surface area (Å²) in [6.07, 6.45) is 2.32. The molecule has 0 spiro atoms. The minimum Gasteiger partial charge on any atom is -0.368 e. The number of benzene rings is 2. The third-order valence-electron chi connectivity index (χ3n) is 3.85. The van der Waals surface area contributed by atoms with Crippen LogP contribution in [0.2, 0.25) is 0 Å². The summed E-state index contributed by atoms with van der Waals surface area (Å²) >= 11 is 0. The summed E-state index contributed by atoms with van der Waals surface area (Å²) in [7, 11) is 0. The molecular formula is C17H19N. The van der Waals surface area contributed by atoms with Crippen LogP contribution >= 0.6 is 0 Å². The summed E-state index contributed by atoms with van der Waals surface area (Å²) in [6.45, 7) is 3.34. The van der Waals surface area contributed by atoms with Crippen molar-refractivity contribution >= 4 is 5.69 Å². The molecule has 0 fully saturated rings. The van der Waals surface area contributed by atoms with Crippen LogP contribution in [0.25, 0.3) is 0 Å². The Morgan fingerprint density at radius 3 is 2.50 bits per heavy atom. The summed E-state index contributed by atoms with van der Waals surface area (Å²) in [5.41, 5.74) is 4.37. The highest BCUT2D eigenvalue weighted by atomic mass is 15.2. The summed E-state index contributed by atoms with van der Waals surface area (Å²) < 4.78 is 0. The van der Waals surface area contributed by atoms with E-state index >= 15 is 0 Å². The molecule has 1 nitrogen and oxygen atoms in total. The van der Waals surface area contributed by atoms with Gasteiger partial charge in [-0.1, -0.05) is 48.5 Å². The molecule has 0 amide bonds. The molecule has 18 heavy (non-hydrogen) atoms. The van der Waals surface area contributed by atoms with Crippen LogP contribution in [0.4, 0.5) is 5.69 Å². The number of nitrogens with zero attached hydrogens (tertiary/aromatic N) is 1. The third kappa shape index (κ3) is 2.01. The van der Waals surface area contributed by atoms with Gasteiger partial charge >= 0.3 is 0 Å². The molecule has 1 aliphatic heterocycles. The zero-order valence-electron chi connectivity index (χ0n) is 10.8. The lowest BCUT2D eigenvalue weighted by Gasteiger charge is -2.26. The van der Waals surface area contributed by atoms with E-state index < -0.39 is 0 Å². The van der Waals surface area contributed by atoms with Crippen LogP contribution in [0.1, 0.15) is 18.1 Å². The van der Waals surface area contributed by atoms with Crippen LogP contribution in [-0.4, -0.2) is 12.6 Å². The largest absolute Gasteiger partial charge is 0.368 e. The van der Waals surface area contributed by atoms with Crippen molar-refractivity contribution in [2.75, 3.05) is 11.4 Å². The van der Waals surface area contributed by atoms with Gasteiger partial charge in [-0.15, -0.1) is 0 Å². The van der Waals surface area contributed by atoms with Gasteiger partial charge in [-0.2, -0.15) is 0 Å². The van der Waals surface area contributed by atoms with Gasteiger partial charge in [-0.25, -0.2) is 0 Å². The normalized spacial score (nSPS) is 17.8. The summed E-state index contributed by atoms with van der Waals surface area (Å²) in [5, 5.41) is 0. The maximum Gasteiger partial charge on any atom is 0.0402 e. The average molecular weight is 237 g/mol. The molecule has 1 atom stereocenters. The second-order valence-electron chi connectivity index (χ2n) is 4.96. The van der Waals surface area contributed by atoms with Crippen LogP contribution in [0.15, 0.2) is 54.6 Å². The van der Waals surface area contributed by atoms with Crippen molar-refractivity contribution in [2.24, 2.45) is 0 Å². The van der Waals surface area contributed by atoms with Crippen LogP contribution in [0, 0.1) is 0 Å². The maximum atomic E-state index is 2.54. The van der Waals surface area contributed by atoms with Crippen LogP contribution in [0.3, 0.4) is 0 Å². The number of para-hydroxylation sites is 1. The monoisotopic (exact) mass is 237 g/mol. The molecular weight excluding hydrogens is 218 g/mol. The van der Waals surface area contributed by atoms with Gasteiger partial charge in [-0.05, 0) is 37.0 Å². The fourth-order valence-electron chi connectivity index (χ4n) is 3.02. The van der Waals surface area contributed by atoms with E-state index in [1.54, 1.807) is 0 Å². The van der Waals surface area contributed by atoms with E-state index in [4.69, 9.17) is 0 Å². The average Bonchev–Trinajstić information content (AvgIpc) is 2.77. The second-order valence-corrected chi connectivity index (χ2v) is 4.96. The lowest BCUT2D eigenvalue weighted by Crippen LogP contribution is -2.33. The summed E-state index contributed by atoms with van der Waals surface area (Å²) in [4.78, 5) is 2.54. The van der Waals surface area contributed by atoms with Gasteiger partial charge in [-0.3, -0.25) is 0 Å². The summed E-state index contributed by atoms with van der Waals surface area (Å²) in [6, 6.07) is 20.3. The summed E-state index contributed by atoms with van der Waals surface area (Å²) in [5.74, 6) is 0. The van der Waals surface area contributed by atoms with Crippen molar-refractivity contribution in [1.82, 2.24) is 0 Å². The Hall–Kier alpha value is -1.76. The van der Waals surface area contributed by atoms with Gasteiger partial charge in [0.2, 0.25) is 0 Å². The van der Waals surface area contributed by atoms with Crippen LogP contribution < -0.4 is 4.90 Å². The zero-order chi connectivity index (χ0) is 12.4. The smallest absolute Gasteiger partial charge is 0.0402 e. The van der Waals surface area contributed by atoms with Crippen LogP contribution in [-0.2, 0) is 12.8 Å². The molecule has 1 unspecified atom stereocenters. The first-order valence-electron chi connectivity index (χ1n) is 6.77. The van der Waals surface area contributed by atoms with Crippen molar-refractivity contribution in [1.29, 1.82) is 0 Å². The predicted octanol–water partition coefficient (Wildman–Crippen LogP) is 3.68. The molecule has 0 aromatic heterocycles. The Labute approximate surface area is 109 Å². The SMILES string of the molecule is CCN1c2ccccc2CC1Cc1ccccc1. The quantitative estimate of drug-likeness (QED) is 0.787. The van der Waals surface area contributed by atoms with Crippen molar-refractivity contribution in [3.05, 3.63) is 65.7 Å². The van der Waals surface area contributed by atoms with Gasteiger partial charge in [0, 0.05) is 18.3 Å². The van der Waals surface area contributed by atoms with Crippen molar-refractivity contribution in [3.8, 4) is 0 Å². The number of rotatable bonds is 3. The van der Waals surface area contributed by atoms with E-state index in [0.717, 1.165) is 13.0 Å². The number of hydrogen-bond donors (Lipinski definition) is 0. The van der Waals surface area contributed by atoms with Crippen molar-refractivity contribution < 1.29 is 0 Å². The molecule has 1 aliphatic rings. The van der Waals surface area contributed by atoms with E-state index in [0.29, 0.717) is 6.04 Å². The maximum absolute atomic E-state index is 2.54. The lowest BCUT2D eigenvalue weighted by atomic mass is 10.0. The highest BCUT2D eigenvalue weighted by Crippen LogP contribution is 2.32. The minimum absolute atomic E-state index is 0.620. The molecule has 2 aromatic rings. The van der Waals surface area contributed by atoms with Crippen molar-refractivity contribution in [3.63, 3.8) is 0 Å². The van der Waals surface area contributed by atoms with Crippen molar-refractivity contribution in [2.45, 2.75) is 25.8 Å². The molecule has 92 valence electrons. The Kier molecular flexibility index (Phi) is 3.06. The van der Waals surface area contributed by atoms with Gasteiger partial charge < -0.3 is 4.90 Å². The fourth-order valence-corrected chi connectivity index (χ4v) is 3.02. The van der Waals surface area contributed by atoms with E-state index in [2.05, 4.69) is 66.4 Å². The Balaban J connectivity index is 1.83. The highest BCUT2D eigenvalue weighted by Gasteiger charge is 2.27. The zero-order valence-corrected chi connectivity index (χ0v) is 10.8. The molecule has 0 saturated heterocycles. The van der Waals surface area contributed by atoms with E-state index in [-0.39, 0.29) is 0 Å². The van der Waals surface area contributed by atoms with E-state index in [1.165, 1.54) is 23.2 Å². The fraction of sp³-hybridized carbons (Fsp3) is 0.294. The first kappa shape index (κ1) is 11.3. The lowest BCUT2D eigenvalue weighted by molar-refractivity contribution is 0.631. The van der Waals surface area contributed by atoms with E-state index in [9.17, 15) is 0 Å². The molecule has 0 bridgehead atoms. The van der Waals surface area contributed by atoms with Gasteiger partial charge in [0.25, 0.3) is 0 Å². The molecule has 1 heterocycles. The minimum atomic E-state index is 0.620. The highest BCUT2D eigenvalue weighted by molar-refractivity contribution is 5.59. The molecule has 0 aliphatic carbocycles. The molecule has 3 rings (SSSR count). The number of hydrogen-bond acceptors (Lipinski definition) is 1. The predicted molar refractivity (Wildman–Crippen MR) is 77.1 cm³/mol. The first-order valence-corrected chi connectivity index (χ1v) is 6.77. The standard InChI is InChI=1S/C17H19N/c1-2-18-16(12-14-8-4-3-5-9-14)13-15-10-6-7-11-17(15)18/h3-11,16H,2,12-13H2,1H3. The number of fused-ring (bicyclic) bond motifs is 1. The number of anilines is 1. The topological polar surface area (TPSA) is 3.24 Å². The molecule has 2 aromatic carbocycles. The molecule has 1 heteroatoms. The Morgan fingerprint density at radius 2 is 1.72 bits per heavy atom. The van der Waals surface area contributed by atoms with Gasteiger partial charge in [0.15, 0.2) is 0 Å². The van der Waals surface area contributed by atoms with Gasteiger partial charge in [0.1, 0.15) is 0 Å². The first-order chi connectivity index (χ1) is 8.88. The number of likely N-dealkylation sites (N-methyl/N-ethyl adjacent to an activating group) is 1. The third-order valence-corrected chi connectivity index (χ3v) is 3.85. The molecule has 0 saturated carbocycles. The Morgan fingerprint density at radius 1 is 1.00 bits per heavy atom. The van der Waals surface area contributed by atoms with Crippen LogP contribution in [0.5, 0.6) is 0 Å². The van der Waals surface area contributed by atoms with Gasteiger partial charge in [0.05, 0.1) is 0 Å².